The van der Waals surface area contributed by atoms with Crippen molar-refractivity contribution in [3.05, 3.63) is 40.3 Å². The van der Waals surface area contributed by atoms with Gasteiger partial charge in [0.15, 0.2) is 5.82 Å². The number of rotatable bonds is 1. The molecule has 6 N–H and O–H groups in total. The number of nitrogens with one attached hydrogen (secondary N) is 2. The van der Waals surface area contributed by atoms with Crippen LogP contribution in [0.25, 0.3) is 11.4 Å². The average molecular weight is 387 g/mol. The first kappa shape index (κ1) is 17.9. The summed E-state index contributed by atoms with van der Waals surface area (Å²) in [4.78, 5) is 2.89. The fourth-order valence-electron chi connectivity index (χ4n) is 2.54. The summed E-state index contributed by atoms with van der Waals surface area (Å²) in [5.74, 6) is 0.0143. The highest BCUT2D eigenvalue weighted by Gasteiger charge is 2.38. The van der Waals surface area contributed by atoms with E-state index in [9.17, 15) is 21.6 Å². The first-order chi connectivity index (χ1) is 12.1. The van der Waals surface area contributed by atoms with Crippen LogP contribution in [0.3, 0.4) is 0 Å². The van der Waals surface area contributed by atoms with Gasteiger partial charge in [0.25, 0.3) is 0 Å². The number of amidine groups is 1. The van der Waals surface area contributed by atoms with Crippen LogP contribution in [-0.4, -0.2) is 20.8 Å². The van der Waals surface area contributed by atoms with Gasteiger partial charge in [-0.05, 0) is 22.9 Å². The van der Waals surface area contributed by atoms with Crippen LogP contribution in [0, 0.1) is 0 Å². The number of nitrogens with zero attached hydrogens (tertiary/aromatic N) is 3. The number of hydrazine groups is 1. The standard InChI is InChI=1S/C13H12F3N7O2S/c14-13(15,16)8-3-2-7(6-1-4-9(17)19-5-6)10(11(8)26(18,24)25)12-20-22-23-21-12/h1-4H,5H2,(H2,17,19)(H,20,23)(H,21,22)(H2,18,24,25). The molecule has 0 fully saturated rings. The largest absolute Gasteiger partial charge is 0.417 e. The van der Waals surface area contributed by atoms with Crippen molar-refractivity contribution < 1.29 is 21.6 Å². The van der Waals surface area contributed by atoms with Gasteiger partial charge in [-0.15, -0.1) is 5.11 Å². The van der Waals surface area contributed by atoms with Gasteiger partial charge in [0.05, 0.1) is 12.1 Å². The van der Waals surface area contributed by atoms with Gasteiger partial charge in [-0.2, -0.15) is 13.2 Å². The normalized spacial score (nSPS) is 21.3. The van der Waals surface area contributed by atoms with Crippen LogP contribution in [0.1, 0.15) is 5.56 Å². The molecule has 0 unspecified atom stereocenters. The second-order valence-electron chi connectivity index (χ2n) is 5.29. The molecule has 0 saturated carbocycles. The van der Waals surface area contributed by atoms with Crippen molar-refractivity contribution in [1.29, 1.82) is 0 Å². The van der Waals surface area contributed by atoms with Crippen LogP contribution >= 0.6 is 0 Å². The molecule has 1 aromatic rings. The number of benzene rings is 1. The molecule has 0 saturated heterocycles. The Hall–Kier alpha value is -2.93. The predicted octanol–water partition coefficient (Wildman–Crippen LogP) is -1.03. The monoisotopic (exact) mass is 387 g/mol. The number of alkyl halides is 3. The van der Waals surface area contributed by atoms with Gasteiger partial charge in [0.1, 0.15) is 10.7 Å². The van der Waals surface area contributed by atoms with Crippen LogP contribution < -0.4 is 32.3 Å². The molecule has 138 valence electrons. The molecule has 2 aliphatic heterocycles. The van der Waals surface area contributed by atoms with E-state index in [0.29, 0.717) is 11.6 Å². The second kappa shape index (κ2) is 6.10. The molecule has 0 radical (unpaired) electrons. The first-order valence-corrected chi connectivity index (χ1v) is 8.54. The van der Waals surface area contributed by atoms with Crippen LogP contribution in [0.4, 0.5) is 13.2 Å². The van der Waals surface area contributed by atoms with E-state index >= 15 is 0 Å². The van der Waals surface area contributed by atoms with Gasteiger partial charge in [-0.25, -0.2) is 19.1 Å². The van der Waals surface area contributed by atoms with Crippen molar-refractivity contribution in [1.82, 2.24) is 11.0 Å². The molecular weight excluding hydrogens is 375 g/mol. The number of halogens is 3. The minimum Gasteiger partial charge on any atom is -0.384 e. The number of nitrogens with two attached hydrogens (primary N) is 2. The average Bonchev–Trinajstić information content (AvgIpc) is 3.06. The van der Waals surface area contributed by atoms with Gasteiger partial charge in [-0.1, -0.05) is 17.4 Å². The Labute approximate surface area is 144 Å². The van der Waals surface area contributed by atoms with Crippen molar-refractivity contribution in [2.24, 2.45) is 26.2 Å². The van der Waals surface area contributed by atoms with E-state index in [1.165, 1.54) is 12.2 Å². The molecule has 0 atom stereocenters. The summed E-state index contributed by atoms with van der Waals surface area (Å²) in [5, 5.41) is 11.9. The fraction of sp³-hybridized carbons (Fsp3) is 0.154. The smallest absolute Gasteiger partial charge is 0.384 e. The maximum absolute atomic E-state index is 13.4. The summed E-state index contributed by atoms with van der Waals surface area (Å²) < 4.78 is 64.2. The molecule has 13 heteroatoms. The van der Waals surface area contributed by atoms with E-state index in [1.54, 1.807) is 0 Å². The van der Waals surface area contributed by atoms with E-state index in [1.807, 2.05) is 0 Å². The summed E-state index contributed by atoms with van der Waals surface area (Å²) in [6, 6.07) is 1.78. The Morgan fingerprint density at radius 3 is 2.42 bits per heavy atom. The van der Waals surface area contributed by atoms with Gasteiger partial charge < -0.3 is 5.73 Å². The Morgan fingerprint density at radius 1 is 1.19 bits per heavy atom. The quantitative estimate of drug-likeness (QED) is 0.487. The zero-order valence-electron chi connectivity index (χ0n) is 12.9. The first-order valence-electron chi connectivity index (χ1n) is 6.99. The summed E-state index contributed by atoms with van der Waals surface area (Å²) >= 11 is 0. The third-order valence-electron chi connectivity index (χ3n) is 3.59. The lowest BCUT2D eigenvalue weighted by molar-refractivity contribution is -0.140. The highest BCUT2D eigenvalue weighted by Crippen LogP contribution is 2.32. The Balaban J connectivity index is 2.56. The van der Waals surface area contributed by atoms with Crippen LogP contribution in [0.15, 0.2) is 44.5 Å². The number of primary sulfonamides is 1. The molecule has 9 nitrogen and oxygen atoms in total. The summed E-state index contributed by atoms with van der Waals surface area (Å²) in [5.41, 5.74) is 9.19. The van der Waals surface area contributed by atoms with Crippen LogP contribution in [-0.2, 0) is 16.2 Å². The highest BCUT2D eigenvalue weighted by atomic mass is 32.2. The second-order valence-corrected chi connectivity index (χ2v) is 6.79. The molecule has 0 amide bonds. The summed E-state index contributed by atoms with van der Waals surface area (Å²) in [6.45, 7) is 0.0443. The van der Waals surface area contributed by atoms with Crippen molar-refractivity contribution in [2.75, 3.05) is 6.54 Å². The SMILES string of the molecule is NC1=NCC(=c2ccc(C(F)(F)F)c(S(N)(=O)=O)c2=C2N=NNN2)C=C1. The molecule has 0 aromatic heterocycles. The number of aliphatic imine (C=N–C) groups is 1. The van der Waals surface area contributed by atoms with E-state index in [2.05, 4.69) is 26.3 Å². The Morgan fingerprint density at radius 2 is 1.92 bits per heavy atom. The number of sulfonamides is 1. The minimum atomic E-state index is -4.95. The maximum Gasteiger partial charge on any atom is 0.417 e. The molecule has 2 aliphatic rings. The molecule has 3 rings (SSSR count). The van der Waals surface area contributed by atoms with E-state index < -0.39 is 26.7 Å². The number of hydrogen-bond donors (Lipinski definition) is 4. The predicted molar refractivity (Wildman–Crippen MR) is 85.6 cm³/mol. The minimum absolute atomic E-state index is 0.0443. The molecule has 0 bridgehead atoms. The van der Waals surface area contributed by atoms with Crippen molar-refractivity contribution in [2.45, 2.75) is 11.1 Å². The zero-order valence-corrected chi connectivity index (χ0v) is 13.7. The lowest BCUT2D eigenvalue weighted by Crippen LogP contribution is -2.41. The highest BCUT2D eigenvalue weighted by molar-refractivity contribution is 7.89. The number of hydrogen-bond acceptors (Lipinski definition) is 8. The number of dihydropyridines is 1. The fourth-order valence-corrected chi connectivity index (χ4v) is 3.52. The Kier molecular flexibility index (Phi) is 4.20. The lowest BCUT2D eigenvalue weighted by Gasteiger charge is -2.14. The summed E-state index contributed by atoms with van der Waals surface area (Å²) in [7, 11) is -4.76. The zero-order chi connectivity index (χ0) is 19.1. The molecular formula is C13H12F3N7O2S. The van der Waals surface area contributed by atoms with Crippen LogP contribution in [0.5, 0.6) is 0 Å². The maximum atomic E-state index is 13.4. The van der Waals surface area contributed by atoms with Gasteiger partial charge >= 0.3 is 6.18 Å². The van der Waals surface area contributed by atoms with E-state index in [-0.39, 0.29) is 28.6 Å². The van der Waals surface area contributed by atoms with E-state index in [4.69, 9.17) is 10.9 Å². The van der Waals surface area contributed by atoms with Crippen molar-refractivity contribution >= 4 is 27.3 Å². The van der Waals surface area contributed by atoms with Gasteiger partial charge in [-0.3, -0.25) is 10.4 Å². The van der Waals surface area contributed by atoms with Crippen molar-refractivity contribution in [3.8, 4) is 0 Å². The molecule has 0 aliphatic carbocycles. The third-order valence-corrected chi connectivity index (χ3v) is 4.58. The van der Waals surface area contributed by atoms with Crippen molar-refractivity contribution in [3.63, 3.8) is 0 Å². The molecule has 26 heavy (non-hydrogen) atoms. The van der Waals surface area contributed by atoms with E-state index in [0.717, 1.165) is 6.07 Å². The van der Waals surface area contributed by atoms with Crippen LogP contribution in [0.2, 0.25) is 0 Å². The molecule has 1 aromatic carbocycles. The molecule has 0 spiro atoms. The summed E-state index contributed by atoms with van der Waals surface area (Å²) in [6.07, 6.45) is -1.97. The van der Waals surface area contributed by atoms with Gasteiger partial charge in [0, 0.05) is 5.22 Å². The topological polar surface area (TPSA) is 147 Å². The Bertz CT molecular complexity index is 1090. The lowest BCUT2D eigenvalue weighted by atomic mass is 10.0. The third kappa shape index (κ3) is 3.25. The molecule has 2 heterocycles. The van der Waals surface area contributed by atoms with Gasteiger partial charge in [0.2, 0.25) is 10.0 Å².